The SMILES string of the molecule is CC(CC[O])C(=O)N1CCOCC1. The van der Waals surface area contributed by atoms with Gasteiger partial charge in [0, 0.05) is 19.0 Å². The van der Waals surface area contributed by atoms with Crippen LogP contribution >= 0.6 is 0 Å². The Hall–Kier alpha value is -0.610. The Kier molecular flexibility index (Phi) is 4.18. The van der Waals surface area contributed by atoms with Gasteiger partial charge in [-0.3, -0.25) is 4.79 Å². The molecule has 1 aliphatic rings. The van der Waals surface area contributed by atoms with Gasteiger partial charge in [0.15, 0.2) is 0 Å². The molecule has 1 fully saturated rings. The van der Waals surface area contributed by atoms with Crippen molar-refractivity contribution in [1.82, 2.24) is 4.90 Å². The van der Waals surface area contributed by atoms with Gasteiger partial charge in [0.1, 0.15) is 0 Å². The van der Waals surface area contributed by atoms with Crippen molar-refractivity contribution in [3.63, 3.8) is 0 Å². The van der Waals surface area contributed by atoms with E-state index in [0.29, 0.717) is 32.7 Å². The molecule has 4 heteroatoms. The zero-order chi connectivity index (χ0) is 9.68. The zero-order valence-electron chi connectivity index (χ0n) is 7.99. The van der Waals surface area contributed by atoms with Gasteiger partial charge in [0.2, 0.25) is 5.91 Å². The molecule has 4 nitrogen and oxygen atoms in total. The maximum atomic E-state index is 11.6. The minimum absolute atomic E-state index is 0.0964. The minimum atomic E-state index is -0.169. The van der Waals surface area contributed by atoms with Gasteiger partial charge in [-0.1, -0.05) is 6.92 Å². The summed E-state index contributed by atoms with van der Waals surface area (Å²) in [5, 5.41) is 10.3. The number of rotatable bonds is 3. The van der Waals surface area contributed by atoms with Gasteiger partial charge in [0.25, 0.3) is 0 Å². The summed E-state index contributed by atoms with van der Waals surface area (Å²) in [5.41, 5.74) is 0. The molecule has 1 saturated heterocycles. The summed E-state index contributed by atoms with van der Waals surface area (Å²) in [6.45, 7) is 4.22. The second kappa shape index (κ2) is 5.19. The Labute approximate surface area is 78.5 Å². The van der Waals surface area contributed by atoms with Crippen molar-refractivity contribution in [2.75, 3.05) is 32.9 Å². The smallest absolute Gasteiger partial charge is 0.225 e. The summed E-state index contributed by atoms with van der Waals surface area (Å²) in [6, 6.07) is 0. The van der Waals surface area contributed by atoms with Crippen molar-refractivity contribution in [3.05, 3.63) is 0 Å². The number of amides is 1. The van der Waals surface area contributed by atoms with Crippen LogP contribution in [0.3, 0.4) is 0 Å². The normalized spacial score (nSPS) is 20.0. The summed E-state index contributed by atoms with van der Waals surface area (Å²) < 4.78 is 5.13. The van der Waals surface area contributed by atoms with E-state index in [1.54, 1.807) is 4.90 Å². The van der Waals surface area contributed by atoms with Gasteiger partial charge in [-0.05, 0) is 6.42 Å². The molecule has 0 N–H and O–H groups in total. The number of hydrogen-bond acceptors (Lipinski definition) is 2. The summed E-state index contributed by atoms with van der Waals surface area (Å²) in [6.07, 6.45) is 0.441. The van der Waals surface area contributed by atoms with Crippen LogP contribution in [0, 0.1) is 5.92 Å². The molecule has 1 unspecified atom stereocenters. The molecule has 13 heavy (non-hydrogen) atoms. The lowest BCUT2D eigenvalue weighted by Gasteiger charge is -2.29. The van der Waals surface area contributed by atoms with Gasteiger partial charge < -0.3 is 9.64 Å². The lowest BCUT2D eigenvalue weighted by molar-refractivity contribution is -0.139. The average molecular weight is 186 g/mol. The Morgan fingerprint density at radius 3 is 2.62 bits per heavy atom. The highest BCUT2D eigenvalue weighted by molar-refractivity contribution is 5.78. The molecule has 0 spiro atoms. The molecule has 1 amide bonds. The predicted molar refractivity (Wildman–Crippen MR) is 46.7 cm³/mol. The third kappa shape index (κ3) is 2.97. The van der Waals surface area contributed by atoms with Crippen LogP contribution < -0.4 is 0 Å². The van der Waals surface area contributed by atoms with E-state index in [0.717, 1.165) is 0 Å². The standard InChI is InChI=1S/C9H16NO3/c1-8(2-5-11)9(12)10-3-6-13-7-4-10/h8H,2-7H2,1H3. The van der Waals surface area contributed by atoms with Crippen LogP contribution in [0.4, 0.5) is 0 Å². The molecule has 0 saturated carbocycles. The second-order valence-corrected chi connectivity index (χ2v) is 3.33. The Morgan fingerprint density at radius 2 is 2.08 bits per heavy atom. The fourth-order valence-electron chi connectivity index (χ4n) is 1.40. The number of nitrogens with zero attached hydrogens (tertiary/aromatic N) is 1. The molecule has 0 bridgehead atoms. The van der Waals surface area contributed by atoms with Crippen LogP contribution in [0.5, 0.6) is 0 Å². The molecule has 1 rings (SSSR count). The monoisotopic (exact) mass is 186 g/mol. The first kappa shape index (κ1) is 10.5. The zero-order valence-corrected chi connectivity index (χ0v) is 7.99. The first-order valence-electron chi connectivity index (χ1n) is 4.70. The molecule has 1 aliphatic heterocycles. The third-order valence-electron chi connectivity index (χ3n) is 2.30. The highest BCUT2D eigenvalue weighted by Crippen LogP contribution is 2.08. The van der Waals surface area contributed by atoms with E-state index >= 15 is 0 Å². The Bertz CT molecular complexity index is 166. The highest BCUT2D eigenvalue weighted by atomic mass is 16.5. The largest absolute Gasteiger partial charge is 0.378 e. The van der Waals surface area contributed by atoms with Crippen LogP contribution in [0.15, 0.2) is 0 Å². The van der Waals surface area contributed by atoms with Gasteiger partial charge in [-0.2, -0.15) is 0 Å². The molecule has 0 aromatic heterocycles. The first-order chi connectivity index (χ1) is 6.25. The van der Waals surface area contributed by atoms with E-state index in [-0.39, 0.29) is 18.4 Å². The van der Waals surface area contributed by atoms with Gasteiger partial charge in [-0.25, -0.2) is 5.11 Å². The van der Waals surface area contributed by atoms with Crippen LogP contribution in [0.25, 0.3) is 0 Å². The fourth-order valence-corrected chi connectivity index (χ4v) is 1.40. The molecule has 1 heterocycles. The van der Waals surface area contributed by atoms with Gasteiger partial charge in [-0.15, -0.1) is 0 Å². The van der Waals surface area contributed by atoms with Crippen molar-refractivity contribution in [2.45, 2.75) is 13.3 Å². The van der Waals surface area contributed by atoms with Crippen molar-refractivity contribution >= 4 is 5.91 Å². The fraction of sp³-hybridized carbons (Fsp3) is 0.889. The number of hydrogen-bond donors (Lipinski definition) is 0. The molecule has 0 aliphatic carbocycles. The highest BCUT2D eigenvalue weighted by Gasteiger charge is 2.21. The summed E-state index contributed by atoms with van der Waals surface area (Å²) in [4.78, 5) is 13.4. The number of ether oxygens (including phenoxy) is 1. The number of morpholine rings is 1. The van der Waals surface area contributed by atoms with E-state index in [4.69, 9.17) is 4.74 Å². The summed E-state index contributed by atoms with van der Waals surface area (Å²) in [5.74, 6) is -0.0326. The third-order valence-corrected chi connectivity index (χ3v) is 2.30. The lowest BCUT2D eigenvalue weighted by Crippen LogP contribution is -2.43. The number of carbonyl (C=O) groups is 1. The average Bonchev–Trinajstić information content (AvgIpc) is 2.18. The molecule has 1 atom stereocenters. The van der Waals surface area contributed by atoms with E-state index < -0.39 is 0 Å². The minimum Gasteiger partial charge on any atom is -0.378 e. The maximum Gasteiger partial charge on any atom is 0.225 e. The van der Waals surface area contributed by atoms with Crippen LogP contribution in [0.2, 0.25) is 0 Å². The van der Waals surface area contributed by atoms with Crippen LogP contribution in [-0.2, 0) is 14.6 Å². The topological polar surface area (TPSA) is 49.4 Å². The molecule has 75 valence electrons. The molecular weight excluding hydrogens is 170 g/mol. The predicted octanol–water partition coefficient (Wildman–Crippen LogP) is 0.302. The van der Waals surface area contributed by atoms with E-state index in [9.17, 15) is 9.90 Å². The van der Waals surface area contributed by atoms with E-state index in [1.165, 1.54) is 0 Å². The molecule has 1 radical (unpaired) electrons. The van der Waals surface area contributed by atoms with Gasteiger partial charge >= 0.3 is 0 Å². The van der Waals surface area contributed by atoms with E-state index in [1.807, 2.05) is 6.92 Å². The first-order valence-corrected chi connectivity index (χ1v) is 4.70. The lowest BCUT2D eigenvalue weighted by atomic mass is 10.1. The molecule has 0 aromatic carbocycles. The summed E-state index contributed by atoms with van der Waals surface area (Å²) >= 11 is 0. The number of carbonyl (C=O) groups excluding carboxylic acids is 1. The van der Waals surface area contributed by atoms with E-state index in [2.05, 4.69) is 0 Å². The molecule has 0 aromatic rings. The summed E-state index contributed by atoms with van der Waals surface area (Å²) in [7, 11) is 0. The second-order valence-electron chi connectivity index (χ2n) is 3.33. The van der Waals surface area contributed by atoms with Crippen molar-refractivity contribution in [2.24, 2.45) is 5.92 Å². The Balaban J connectivity index is 2.36. The quantitative estimate of drug-likeness (QED) is 0.636. The van der Waals surface area contributed by atoms with Gasteiger partial charge in [0.05, 0.1) is 19.8 Å². The molecular formula is C9H16NO3. The van der Waals surface area contributed by atoms with Crippen LogP contribution in [-0.4, -0.2) is 43.7 Å². The Morgan fingerprint density at radius 1 is 1.46 bits per heavy atom. The van der Waals surface area contributed by atoms with Crippen molar-refractivity contribution in [3.8, 4) is 0 Å². The van der Waals surface area contributed by atoms with Crippen molar-refractivity contribution < 1.29 is 14.6 Å². The van der Waals surface area contributed by atoms with Crippen molar-refractivity contribution in [1.29, 1.82) is 0 Å². The maximum absolute atomic E-state index is 11.6. The van der Waals surface area contributed by atoms with Crippen LogP contribution in [0.1, 0.15) is 13.3 Å².